The van der Waals surface area contributed by atoms with Gasteiger partial charge in [0.05, 0.1) is 12.6 Å². The molecule has 0 saturated heterocycles. The molecule has 5 nitrogen and oxygen atoms in total. The van der Waals surface area contributed by atoms with E-state index in [9.17, 15) is 9.59 Å². The first-order valence-corrected chi connectivity index (χ1v) is 6.31. The molecule has 0 aliphatic carbocycles. The molecule has 0 radical (unpaired) electrons. The summed E-state index contributed by atoms with van der Waals surface area (Å²) < 4.78 is 4.50. The molecule has 0 aliphatic rings. The van der Waals surface area contributed by atoms with Crippen LogP contribution in [0.2, 0.25) is 0 Å². The number of nitrogens with zero attached hydrogens (tertiary/aromatic N) is 1. The van der Waals surface area contributed by atoms with Gasteiger partial charge in [-0.15, -0.1) is 0 Å². The van der Waals surface area contributed by atoms with Crippen molar-refractivity contribution in [3.8, 4) is 6.07 Å². The monoisotopic (exact) mass is 282 g/mol. The number of nitriles is 1. The van der Waals surface area contributed by atoms with Gasteiger partial charge >= 0.3 is 5.97 Å². The van der Waals surface area contributed by atoms with Crippen molar-refractivity contribution in [3.05, 3.63) is 50.8 Å². The highest BCUT2D eigenvalue weighted by Crippen LogP contribution is 2.20. The predicted octanol–water partition coefficient (Wildman–Crippen LogP) is 2.22. The number of hydrogen-bond acceptors (Lipinski definition) is 4. The average molecular weight is 282 g/mol. The second-order valence-electron chi connectivity index (χ2n) is 4.70. The fourth-order valence-corrected chi connectivity index (χ4v) is 2.10. The Kier molecular flexibility index (Phi) is 3.90. The second-order valence-corrected chi connectivity index (χ2v) is 4.70. The van der Waals surface area contributed by atoms with Crippen LogP contribution in [0.15, 0.2) is 28.6 Å². The molecular weight excluding hydrogens is 268 g/mol. The molecule has 0 unspecified atom stereocenters. The summed E-state index contributed by atoms with van der Waals surface area (Å²) in [5.74, 6) is -0.766. The minimum absolute atomic E-state index is 0.215. The Morgan fingerprint density at radius 1 is 1.33 bits per heavy atom. The van der Waals surface area contributed by atoms with E-state index < -0.39 is 5.97 Å². The summed E-state index contributed by atoms with van der Waals surface area (Å²) in [6, 6.07) is 7.30. The molecule has 1 N–H and O–H groups in total. The van der Waals surface area contributed by atoms with Crippen molar-refractivity contribution < 1.29 is 9.53 Å². The number of pyridine rings is 1. The van der Waals surface area contributed by atoms with Gasteiger partial charge in [0.2, 0.25) is 0 Å². The molecule has 5 heteroatoms. The smallest absolute Gasteiger partial charge is 0.348 e. The molecule has 2 aromatic rings. The zero-order valence-electron chi connectivity index (χ0n) is 12.0. The van der Waals surface area contributed by atoms with Gasteiger partial charge in [-0.3, -0.25) is 4.79 Å². The molecule has 21 heavy (non-hydrogen) atoms. The van der Waals surface area contributed by atoms with E-state index in [2.05, 4.69) is 9.72 Å². The Bertz CT molecular complexity index is 854. The maximum absolute atomic E-state index is 12.1. The quantitative estimate of drug-likeness (QED) is 0.520. The summed E-state index contributed by atoms with van der Waals surface area (Å²) in [6.45, 7) is 3.83. The number of carbonyl (C=O) groups is 1. The van der Waals surface area contributed by atoms with Crippen molar-refractivity contribution in [1.82, 2.24) is 4.98 Å². The van der Waals surface area contributed by atoms with E-state index in [1.165, 1.54) is 13.2 Å². The molecule has 0 bridgehead atoms. The van der Waals surface area contributed by atoms with Crippen molar-refractivity contribution in [2.24, 2.45) is 0 Å². The van der Waals surface area contributed by atoms with Gasteiger partial charge in [-0.2, -0.15) is 5.26 Å². The minimum Gasteiger partial charge on any atom is -0.465 e. The third-order valence-corrected chi connectivity index (χ3v) is 3.30. The topological polar surface area (TPSA) is 82.9 Å². The number of ether oxygens (including phenoxy) is 1. The van der Waals surface area contributed by atoms with E-state index >= 15 is 0 Å². The van der Waals surface area contributed by atoms with E-state index in [4.69, 9.17) is 5.26 Å². The average Bonchev–Trinajstić information content (AvgIpc) is 2.48. The highest BCUT2D eigenvalue weighted by molar-refractivity contribution is 5.98. The lowest BCUT2D eigenvalue weighted by atomic mass is 10.0. The third kappa shape index (κ3) is 2.70. The lowest BCUT2D eigenvalue weighted by Crippen LogP contribution is -2.11. The lowest BCUT2D eigenvalue weighted by molar-refractivity contribution is -0.135. The van der Waals surface area contributed by atoms with Crippen LogP contribution in [0.4, 0.5) is 0 Å². The molecule has 1 aromatic heterocycles. The number of benzene rings is 1. The fraction of sp³-hybridized carbons (Fsp3) is 0.188. The van der Waals surface area contributed by atoms with Gasteiger partial charge < -0.3 is 9.72 Å². The van der Waals surface area contributed by atoms with Crippen molar-refractivity contribution in [1.29, 1.82) is 5.26 Å². The number of hydrogen-bond donors (Lipinski definition) is 1. The van der Waals surface area contributed by atoms with Gasteiger partial charge in [0.1, 0.15) is 11.6 Å². The van der Waals surface area contributed by atoms with Gasteiger partial charge in [0.15, 0.2) is 0 Å². The van der Waals surface area contributed by atoms with Crippen molar-refractivity contribution in [3.63, 3.8) is 0 Å². The summed E-state index contributed by atoms with van der Waals surface area (Å²) in [5, 5.41) is 9.84. The van der Waals surface area contributed by atoms with Crippen LogP contribution in [-0.2, 0) is 9.53 Å². The van der Waals surface area contributed by atoms with Crippen LogP contribution in [0.3, 0.4) is 0 Å². The number of aromatic amines is 1. The molecule has 0 aliphatic heterocycles. The van der Waals surface area contributed by atoms with Gasteiger partial charge in [-0.05, 0) is 37.1 Å². The maximum Gasteiger partial charge on any atom is 0.348 e. The molecule has 1 aromatic carbocycles. The highest BCUT2D eigenvalue weighted by atomic mass is 16.5. The molecule has 0 fully saturated rings. The van der Waals surface area contributed by atoms with Crippen molar-refractivity contribution in [2.45, 2.75) is 13.8 Å². The van der Waals surface area contributed by atoms with Crippen LogP contribution in [0, 0.1) is 25.2 Å². The first-order chi connectivity index (χ1) is 9.97. The van der Waals surface area contributed by atoms with Gasteiger partial charge in [0, 0.05) is 10.9 Å². The maximum atomic E-state index is 12.1. The SMILES string of the molecule is COC(=O)C(C#N)=Cc1cc2c(C)ccc(C)c2[nH]c1=O. The Morgan fingerprint density at radius 2 is 2.00 bits per heavy atom. The van der Waals surface area contributed by atoms with E-state index in [0.29, 0.717) is 0 Å². The van der Waals surface area contributed by atoms with E-state index in [0.717, 1.165) is 22.0 Å². The summed E-state index contributed by atoms with van der Waals surface area (Å²) in [6.07, 6.45) is 1.24. The molecule has 0 saturated carbocycles. The molecule has 0 amide bonds. The molecule has 0 atom stereocenters. The summed E-state index contributed by atoms with van der Waals surface area (Å²) in [7, 11) is 1.19. The van der Waals surface area contributed by atoms with Crippen LogP contribution >= 0.6 is 0 Å². The highest BCUT2D eigenvalue weighted by Gasteiger charge is 2.11. The van der Waals surface area contributed by atoms with Crippen LogP contribution in [-0.4, -0.2) is 18.1 Å². The number of fused-ring (bicyclic) bond motifs is 1. The second kappa shape index (κ2) is 5.63. The molecule has 106 valence electrons. The zero-order chi connectivity index (χ0) is 15.6. The Hall–Kier alpha value is -2.87. The first kappa shape index (κ1) is 14.5. The van der Waals surface area contributed by atoms with Crippen molar-refractivity contribution in [2.75, 3.05) is 7.11 Å². The van der Waals surface area contributed by atoms with Crippen LogP contribution in [0.25, 0.3) is 17.0 Å². The normalized spacial score (nSPS) is 11.2. The van der Waals surface area contributed by atoms with E-state index in [1.807, 2.05) is 26.0 Å². The Labute approximate surface area is 121 Å². The Morgan fingerprint density at radius 3 is 2.62 bits per heavy atom. The number of aromatic nitrogens is 1. The summed E-state index contributed by atoms with van der Waals surface area (Å²) in [4.78, 5) is 26.3. The Balaban J connectivity index is 2.72. The molecule has 2 rings (SSSR count). The van der Waals surface area contributed by atoms with Crippen molar-refractivity contribution >= 4 is 22.9 Å². The fourth-order valence-electron chi connectivity index (χ4n) is 2.10. The zero-order valence-corrected chi connectivity index (χ0v) is 12.0. The van der Waals surface area contributed by atoms with Crippen LogP contribution < -0.4 is 5.56 Å². The number of aryl methyl sites for hydroxylation is 2. The molecule has 1 heterocycles. The van der Waals surface area contributed by atoms with Gasteiger partial charge in [-0.25, -0.2) is 4.79 Å². The molecule has 0 spiro atoms. The number of methoxy groups -OCH3 is 1. The van der Waals surface area contributed by atoms with E-state index in [1.54, 1.807) is 12.1 Å². The number of rotatable bonds is 2. The van der Waals surface area contributed by atoms with Gasteiger partial charge in [0.25, 0.3) is 5.56 Å². The van der Waals surface area contributed by atoms with Gasteiger partial charge in [-0.1, -0.05) is 12.1 Å². The number of nitrogens with one attached hydrogen (secondary N) is 1. The van der Waals surface area contributed by atoms with Crippen LogP contribution in [0.1, 0.15) is 16.7 Å². The summed E-state index contributed by atoms with van der Waals surface area (Å²) in [5.41, 5.74) is 2.39. The third-order valence-electron chi connectivity index (χ3n) is 3.30. The summed E-state index contributed by atoms with van der Waals surface area (Å²) >= 11 is 0. The minimum atomic E-state index is -0.766. The number of carbonyl (C=O) groups excluding carboxylic acids is 1. The van der Waals surface area contributed by atoms with Crippen LogP contribution in [0.5, 0.6) is 0 Å². The number of esters is 1. The largest absolute Gasteiger partial charge is 0.465 e. The predicted molar refractivity (Wildman–Crippen MR) is 79.6 cm³/mol. The standard InChI is InChI=1S/C16H14N2O3/c1-9-4-5-10(2)14-13(9)7-11(15(19)18-14)6-12(8-17)16(20)21-3/h4-7H,1-3H3,(H,18,19). The lowest BCUT2D eigenvalue weighted by Gasteiger charge is -2.06. The van der Waals surface area contributed by atoms with E-state index in [-0.39, 0.29) is 16.7 Å². The first-order valence-electron chi connectivity index (χ1n) is 6.31. The number of H-pyrrole nitrogens is 1. The molecular formula is C16H14N2O3.